The van der Waals surface area contributed by atoms with E-state index >= 15 is 0 Å². The molecule has 1 aliphatic carbocycles. The van der Waals surface area contributed by atoms with E-state index in [-0.39, 0.29) is 11.5 Å². The molecule has 1 aliphatic rings. The molecule has 1 aromatic carbocycles. The molecule has 0 radical (unpaired) electrons. The van der Waals surface area contributed by atoms with Crippen LogP contribution in [-0.2, 0) is 0 Å². The van der Waals surface area contributed by atoms with Gasteiger partial charge >= 0.3 is 0 Å². The molecule has 1 saturated carbocycles. The number of phenolic OH excluding ortho intramolecular Hbond substituents is 2. The molecule has 0 amide bonds. The van der Waals surface area contributed by atoms with Gasteiger partial charge in [0.25, 0.3) is 0 Å². The highest BCUT2D eigenvalue weighted by atomic mass is 16.3. The molecule has 4 rings (SSSR count). The summed E-state index contributed by atoms with van der Waals surface area (Å²) >= 11 is 0. The minimum absolute atomic E-state index is 0.0100. The molecule has 118 valence electrons. The molecule has 0 bridgehead atoms. The molecule has 1 fully saturated rings. The van der Waals surface area contributed by atoms with E-state index in [9.17, 15) is 10.2 Å². The van der Waals surface area contributed by atoms with Crippen molar-refractivity contribution in [2.75, 3.05) is 5.32 Å². The number of phenols is 2. The van der Waals surface area contributed by atoms with Crippen LogP contribution in [0.2, 0.25) is 0 Å². The lowest BCUT2D eigenvalue weighted by Gasteiger charge is -2.15. The highest BCUT2D eigenvalue weighted by molar-refractivity contribution is 5.80. The maximum Gasteiger partial charge on any atom is 0.157 e. The number of nitrogens with zero attached hydrogens (tertiary/aromatic N) is 3. The Morgan fingerprint density at radius 3 is 2.78 bits per heavy atom. The van der Waals surface area contributed by atoms with Crippen molar-refractivity contribution in [2.45, 2.75) is 31.7 Å². The van der Waals surface area contributed by atoms with Gasteiger partial charge in [-0.15, -0.1) is 0 Å². The van der Waals surface area contributed by atoms with E-state index in [1.165, 1.54) is 18.9 Å². The molecule has 0 aliphatic heterocycles. The molecular formula is C17H18N4O2. The van der Waals surface area contributed by atoms with Gasteiger partial charge in [0, 0.05) is 30.1 Å². The minimum atomic E-state index is 0.0100. The predicted octanol–water partition coefficient (Wildman–Crippen LogP) is 3.16. The maximum absolute atomic E-state index is 10.2. The quantitative estimate of drug-likeness (QED) is 0.692. The van der Waals surface area contributed by atoms with Crippen LogP contribution in [0.15, 0.2) is 36.8 Å². The van der Waals surface area contributed by atoms with Crippen LogP contribution in [0.1, 0.15) is 25.7 Å². The summed E-state index contributed by atoms with van der Waals surface area (Å²) in [5, 5.41) is 23.3. The SMILES string of the molecule is Oc1ccc(-c2nc3cnccn3c2NC2CCCC2)c(O)c1. The summed E-state index contributed by atoms with van der Waals surface area (Å²) in [6.45, 7) is 0. The Balaban J connectivity index is 1.87. The van der Waals surface area contributed by atoms with Crippen molar-refractivity contribution in [1.29, 1.82) is 0 Å². The highest BCUT2D eigenvalue weighted by Crippen LogP contribution is 2.37. The van der Waals surface area contributed by atoms with Crippen molar-refractivity contribution in [2.24, 2.45) is 0 Å². The largest absolute Gasteiger partial charge is 0.508 e. The monoisotopic (exact) mass is 310 g/mol. The van der Waals surface area contributed by atoms with Crippen LogP contribution in [0.4, 0.5) is 5.82 Å². The normalized spacial score (nSPS) is 15.3. The van der Waals surface area contributed by atoms with Gasteiger partial charge in [0.05, 0.1) is 6.20 Å². The lowest BCUT2D eigenvalue weighted by Crippen LogP contribution is -2.16. The average molecular weight is 310 g/mol. The number of nitrogens with one attached hydrogen (secondary N) is 1. The Hall–Kier alpha value is -2.76. The molecule has 0 unspecified atom stereocenters. The highest BCUT2D eigenvalue weighted by Gasteiger charge is 2.21. The first-order chi connectivity index (χ1) is 11.2. The van der Waals surface area contributed by atoms with Crippen molar-refractivity contribution in [3.05, 3.63) is 36.8 Å². The summed E-state index contributed by atoms with van der Waals surface area (Å²) in [5.41, 5.74) is 1.98. The third-order valence-electron chi connectivity index (χ3n) is 4.36. The van der Waals surface area contributed by atoms with Gasteiger partial charge in [0.1, 0.15) is 23.0 Å². The second-order valence-corrected chi connectivity index (χ2v) is 5.94. The number of anilines is 1. The number of rotatable bonds is 3. The molecule has 0 saturated heterocycles. The third kappa shape index (κ3) is 2.46. The van der Waals surface area contributed by atoms with Crippen molar-refractivity contribution in [3.63, 3.8) is 0 Å². The summed E-state index contributed by atoms with van der Waals surface area (Å²) < 4.78 is 1.95. The first-order valence-corrected chi connectivity index (χ1v) is 7.83. The molecule has 6 heteroatoms. The summed E-state index contributed by atoms with van der Waals surface area (Å²) in [6, 6.07) is 4.98. The number of benzene rings is 1. The molecule has 3 N–H and O–H groups in total. The lowest BCUT2D eigenvalue weighted by atomic mass is 10.1. The number of fused-ring (bicyclic) bond motifs is 1. The smallest absolute Gasteiger partial charge is 0.157 e. The minimum Gasteiger partial charge on any atom is -0.508 e. The van der Waals surface area contributed by atoms with Gasteiger partial charge in [0.2, 0.25) is 0 Å². The van der Waals surface area contributed by atoms with Crippen LogP contribution >= 0.6 is 0 Å². The molecular weight excluding hydrogens is 292 g/mol. The third-order valence-corrected chi connectivity index (χ3v) is 4.36. The number of aromatic nitrogens is 3. The van der Waals surface area contributed by atoms with Crippen LogP contribution in [0.5, 0.6) is 11.5 Å². The number of aromatic hydroxyl groups is 2. The fraction of sp³-hybridized carbons (Fsp3) is 0.294. The van der Waals surface area contributed by atoms with E-state index in [0.717, 1.165) is 24.3 Å². The lowest BCUT2D eigenvalue weighted by molar-refractivity contribution is 0.452. The molecule has 6 nitrogen and oxygen atoms in total. The Labute approximate surface area is 133 Å². The fourth-order valence-electron chi connectivity index (χ4n) is 3.22. The first-order valence-electron chi connectivity index (χ1n) is 7.83. The zero-order valence-corrected chi connectivity index (χ0v) is 12.6. The number of imidazole rings is 1. The zero-order valence-electron chi connectivity index (χ0n) is 12.6. The van der Waals surface area contributed by atoms with Gasteiger partial charge in [-0.05, 0) is 25.0 Å². The Kier molecular flexibility index (Phi) is 3.29. The Morgan fingerprint density at radius 1 is 1.17 bits per heavy atom. The molecule has 2 aromatic heterocycles. The predicted molar refractivity (Wildman–Crippen MR) is 87.6 cm³/mol. The topological polar surface area (TPSA) is 82.7 Å². The molecule has 0 spiro atoms. The molecule has 23 heavy (non-hydrogen) atoms. The summed E-state index contributed by atoms with van der Waals surface area (Å²) in [5.74, 6) is 0.896. The summed E-state index contributed by atoms with van der Waals surface area (Å²) in [4.78, 5) is 8.73. The van der Waals surface area contributed by atoms with Crippen LogP contribution in [0.3, 0.4) is 0 Å². The van der Waals surface area contributed by atoms with Gasteiger partial charge in [-0.25, -0.2) is 4.98 Å². The van der Waals surface area contributed by atoms with Crippen LogP contribution in [0, 0.1) is 0 Å². The second-order valence-electron chi connectivity index (χ2n) is 5.94. The van der Waals surface area contributed by atoms with Gasteiger partial charge < -0.3 is 15.5 Å². The second kappa shape index (κ2) is 5.46. The van der Waals surface area contributed by atoms with Gasteiger partial charge in [-0.3, -0.25) is 9.38 Å². The maximum atomic E-state index is 10.2. The zero-order chi connectivity index (χ0) is 15.8. The summed E-state index contributed by atoms with van der Waals surface area (Å²) in [6.07, 6.45) is 10.0. The molecule has 2 heterocycles. The van der Waals surface area contributed by atoms with Crippen LogP contribution in [0.25, 0.3) is 16.9 Å². The fourth-order valence-corrected chi connectivity index (χ4v) is 3.22. The standard InChI is InChI=1S/C17H18N4O2/c22-12-5-6-13(14(23)9-12)16-17(19-11-3-1-2-4-11)21-8-7-18-10-15(21)20-16/h5-11,19,22-23H,1-4H2. The van der Waals surface area contributed by atoms with Crippen molar-refractivity contribution < 1.29 is 10.2 Å². The molecule has 0 atom stereocenters. The van der Waals surface area contributed by atoms with Gasteiger partial charge in [-0.2, -0.15) is 0 Å². The van der Waals surface area contributed by atoms with E-state index in [0.29, 0.717) is 17.3 Å². The first kappa shape index (κ1) is 13.9. The number of hydrogen-bond donors (Lipinski definition) is 3. The molecule has 3 aromatic rings. The summed E-state index contributed by atoms with van der Waals surface area (Å²) in [7, 11) is 0. The van der Waals surface area contributed by atoms with Crippen LogP contribution < -0.4 is 5.32 Å². The average Bonchev–Trinajstić information content (AvgIpc) is 3.16. The van der Waals surface area contributed by atoms with E-state index in [1.54, 1.807) is 24.5 Å². The van der Waals surface area contributed by atoms with E-state index < -0.39 is 0 Å². The van der Waals surface area contributed by atoms with Crippen LogP contribution in [-0.4, -0.2) is 30.6 Å². The van der Waals surface area contributed by atoms with E-state index in [1.807, 2.05) is 10.6 Å². The van der Waals surface area contributed by atoms with E-state index in [2.05, 4.69) is 15.3 Å². The van der Waals surface area contributed by atoms with E-state index in [4.69, 9.17) is 0 Å². The Bertz CT molecular complexity index is 853. The van der Waals surface area contributed by atoms with Crippen molar-refractivity contribution >= 4 is 11.5 Å². The van der Waals surface area contributed by atoms with Crippen molar-refractivity contribution in [3.8, 4) is 22.8 Å². The van der Waals surface area contributed by atoms with Crippen molar-refractivity contribution in [1.82, 2.24) is 14.4 Å². The van der Waals surface area contributed by atoms with Gasteiger partial charge in [-0.1, -0.05) is 12.8 Å². The Morgan fingerprint density at radius 2 is 2.00 bits per heavy atom. The van der Waals surface area contributed by atoms with Gasteiger partial charge in [0.15, 0.2) is 5.65 Å². The number of hydrogen-bond acceptors (Lipinski definition) is 5.